The van der Waals surface area contributed by atoms with E-state index in [1.165, 1.54) is 25.7 Å². The second-order valence-electron chi connectivity index (χ2n) is 6.41. The lowest BCUT2D eigenvalue weighted by atomic mass is 10.1. The van der Waals surface area contributed by atoms with E-state index < -0.39 is 0 Å². The smallest absolute Gasteiger partial charge is 0.225 e. The van der Waals surface area contributed by atoms with Gasteiger partial charge in [-0.2, -0.15) is 0 Å². The van der Waals surface area contributed by atoms with Gasteiger partial charge < -0.3 is 9.64 Å². The Balaban J connectivity index is 1.56. The van der Waals surface area contributed by atoms with E-state index in [9.17, 15) is 0 Å². The van der Waals surface area contributed by atoms with E-state index in [0.717, 1.165) is 57.4 Å². The number of likely N-dealkylation sites (tertiary alicyclic amines) is 1. The van der Waals surface area contributed by atoms with E-state index in [2.05, 4.69) is 27.8 Å². The van der Waals surface area contributed by atoms with Crippen molar-refractivity contribution in [3.8, 4) is 0 Å². The zero-order valence-electron chi connectivity index (χ0n) is 13.7. The van der Waals surface area contributed by atoms with Gasteiger partial charge in [0.15, 0.2) is 0 Å². The topological polar surface area (TPSA) is 41.5 Å². The first-order valence-corrected chi connectivity index (χ1v) is 8.76. The van der Waals surface area contributed by atoms with Crippen LogP contribution >= 0.6 is 0 Å². The molecule has 1 unspecified atom stereocenters. The van der Waals surface area contributed by atoms with Gasteiger partial charge in [-0.05, 0) is 44.7 Å². The van der Waals surface area contributed by atoms with Crippen LogP contribution in [0.2, 0.25) is 0 Å². The van der Waals surface area contributed by atoms with Crippen LogP contribution in [0.1, 0.15) is 44.7 Å². The van der Waals surface area contributed by atoms with Crippen LogP contribution in [0.4, 0.5) is 5.95 Å². The van der Waals surface area contributed by atoms with E-state index in [1.54, 1.807) is 0 Å². The van der Waals surface area contributed by atoms with Gasteiger partial charge >= 0.3 is 0 Å². The highest BCUT2D eigenvalue weighted by atomic mass is 16.5. The molecule has 0 spiro atoms. The van der Waals surface area contributed by atoms with Crippen LogP contribution in [-0.4, -0.2) is 53.8 Å². The van der Waals surface area contributed by atoms with Gasteiger partial charge in [0.1, 0.15) is 0 Å². The van der Waals surface area contributed by atoms with Gasteiger partial charge in [0.25, 0.3) is 0 Å². The molecule has 3 heterocycles. The van der Waals surface area contributed by atoms with Crippen molar-refractivity contribution in [3.05, 3.63) is 18.0 Å². The summed E-state index contributed by atoms with van der Waals surface area (Å²) in [4.78, 5) is 14.0. The Hall–Kier alpha value is -1.20. The first-order chi connectivity index (χ1) is 10.8. The Bertz CT molecular complexity index is 462. The van der Waals surface area contributed by atoms with Crippen molar-refractivity contribution < 1.29 is 4.74 Å². The minimum absolute atomic E-state index is 0.397. The van der Waals surface area contributed by atoms with E-state index in [-0.39, 0.29) is 0 Å². The average Bonchev–Trinajstić information content (AvgIpc) is 3.08. The number of rotatable bonds is 6. The number of nitrogens with zero attached hydrogens (tertiary/aromatic N) is 4. The van der Waals surface area contributed by atoms with Crippen LogP contribution in [0.25, 0.3) is 0 Å². The number of aromatic nitrogens is 2. The highest BCUT2D eigenvalue weighted by Crippen LogP contribution is 2.18. The number of piperidine rings is 1. The van der Waals surface area contributed by atoms with Crippen LogP contribution in [0.15, 0.2) is 12.3 Å². The molecule has 0 saturated carbocycles. The molecule has 2 saturated heterocycles. The van der Waals surface area contributed by atoms with E-state index in [4.69, 9.17) is 9.72 Å². The lowest BCUT2D eigenvalue weighted by Gasteiger charge is -2.32. The highest BCUT2D eigenvalue weighted by Gasteiger charge is 2.21. The predicted octanol–water partition coefficient (Wildman–Crippen LogP) is 2.47. The molecule has 1 aromatic heterocycles. The Morgan fingerprint density at radius 3 is 2.91 bits per heavy atom. The predicted molar refractivity (Wildman–Crippen MR) is 88.0 cm³/mol. The van der Waals surface area contributed by atoms with Crippen molar-refractivity contribution in [2.75, 3.05) is 37.7 Å². The summed E-state index contributed by atoms with van der Waals surface area (Å²) in [5, 5.41) is 0. The Morgan fingerprint density at radius 1 is 1.23 bits per heavy atom. The molecule has 5 nitrogen and oxygen atoms in total. The first kappa shape index (κ1) is 15.7. The summed E-state index contributed by atoms with van der Waals surface area (Å²) < 4.78 is 5.92. The first-order valence-electron chi connectivity index (χ1n) is 8.76. The summed E-state index contributed by atoms with van der Waals surface area (Å²) >= 11 is 0. The van der Waals surface area contributed by atoms with Gasteiger partial charge in [-0.1, -0.05) is 6.92 Å². The zero-order chi connectivity index (χ0) is 15.2. The molecule has 0 aromatic carbocycles. The van der Waals surface area contributed by atoms with E-state index in [1.807, 2.05) is 6.20 Å². The molecule has 2 aliphatic heterocycles. The van der Waals surface area contributed by atoms with E-state index in [0.29, 0.717) is 6.10 Å². The minimum Gasteiger partial charge on any atom is -0.377 e. The fourth-order valence-electron chi connectivity index (χ4n) is 3.35. The third-order valence-electron chi connectivity index (χ3n) is 4.49. The Morgan fingerprint density at radius 2 is 2.09 bits per heavy atom. The molecule has 5 heteroatoms. The normalized spacial score (nSPS) is 23.1. The maximum absolute atomic E-state index is 5.92. The third-order valence-corrected chi connectivity index (χ3v) is 4.49. The number of ether oxygens (including phenoxy) is 1. The van der Waals surface area contributed by atoms with Crippen molar-refractivity contribution >= 4 is 5.95 Å². The second-order valence-corrected chi connectivity index (χ2v) is 6.41. The molecule has 0 amide bonds. The van der Waals surface area contributed by atoms with Gasteiger partial charge in [0.05, 0.1) is 11.8 Å². The molecule has 0 aliphatic carbocycles. The van der Waals surface area contributed by atoms with Gasteiger partial charge in [-0.3, -0.25) is 4.90 Å². The highest BCUT2D eigenvalue weighted by molar-refractivity contribution is 5.31. The molecule has 1 aromatic rings. The SMILES string of the molecule is CCCOC1CCCN(Cc2ccnc(N3CCCC3)n2)C1. The largest absolute Gasteiger partial charge is 0.377 e. The molecule has 0 bridgehead atoms. The summed E-state index contributed by atoms with van der Waals surface area (Å²) in [6.45, 7) is 8.33. The van der Waals surface area contributed by atoms with Gasteiger partial charge in [0, 0.05) is 39.0 Å². The van der Waals surface area contributed by atoms with Crippen molar-refractivity contribution in [1.82, 2.24) is 14.9 Å². The zero-order valence-corrected chi connectivity index (χ0v) is 13.7. The molecule has 0 N–H and O–H groups in total. The van der Waals surface area contributed by atoms with Gasteiger partial charge in [-0.25, -0.2) is 9.97 Å². The maximum Gasteiger partial charge on any atom is 0.225 e. The van der Waals surface area contributed by atoms with Crippen molar-refractivity contribution in [1.29, 1.82) is 0 Å². The Labute approximate surface area is 133 Å². The number of hydrogen-bond donors (Lipinski definition) is 0. The van der Waals surface area contributed by atoms with Crippen molar-refractivity contribution in [2.45, 2.75) is 51.7 Å². The number of hydrogen-bond acceptors (Lipinski definition) is 5. The monoisotopic (exact) mass is 304 g/mol. The molecule has 1 atom stereocenters. The van der Waals surface area contributed by atoms with Crippen LogP contribution in [0.5, 0.6) is 0 Å². The van der Waals surface area contributed by atoms with Crippen LogP contribution in [0.3, 0.4) is 0 Å². The van der Waals surface area contributed by atoms with Crippen molar-refractivity contribution in [2.24, 2.45) is 0 Å². The maximum atomic E-state index is 5.92. The van der Waals surface area contributed by atoms with Crippen LogP contribution in [-0.2, 0) is 11.3 Å². The lowest BCUT2D eigenvalue weighted by Crippen LogP contribution is -2.39. The molecular weight excluding hydrogens is 276 g/mol. The molecular formula is C17H28N4O. The second kappa shape index (κ2) is 7.88. The summed E-state index contributed by atoms with van der Waals surface area (Å²) in [6.07, 6.45) is 8.34. The Kier molecular flexibility index (Phi) is 5.62. The molecule has 3 rings (SSSR count). The average molecular weight is 304 g/mol. The molecule has 0 radical (unpaired) electrons. The van der Waals surface area contributed by atoms with Crippen LogP contribution in [0, 0.1) is 0 Å². The summed E-state index contributed by atoms with van der Waals surface area (Å²) in [6, 6.07) is 2.05. The number of anilines is 1. The van der Waals surface area contributed by atoms with Crippen molar-refractivity contribution in [3.63, 3.8) is 0 Å². The molecule has 122 valence electrons. The lowest BCUT2D eigenvalue weighted by molar-refractivity contribution is -0.00252. The summed E-state index contributed by atoms with van der Waals surface area (Å²) in [5.74, 6) is 0.908. The third kappa shape index (κ3) is 4.17. The quantitative estimate of drug-likeness (QED) is 0.807. The van der Waals surface area contributed by atoms with Gasteiger partial charge in [0.2, 0.25) is 5.95 Å². The standard InChI is InChI=1S/C17H28N4O/c1-2-12-22-16-6-5-9-20(14-16)13-15-7-8-18-17(19-15)21-10-3-4-11-21/h7-8,16H,2-6,9-14H2,1H3. The minimum atomic E-state index is 0.397. The summed E-state index contributed by atoms with van der Waals surface area (Å²) in [5.41, 5.74) is 1.13. The molecule has 2 aliphatic rings. The molecule has 2 fully saturated rings. The van der Waals surface area contributed by atoms with E-state index >= 15 is 0 Å². The fourth-order valence-corrected chi connectivity index (χ4v) is 3.35. The summed E-state index contributed by atoms with van der Waals surface area (Å²) in [7, 11) is 0. The molecule has 22 heavy (non-hydrogen) atoms. The fraction of sp³-hybridized carbons (Fsp3) is 0.765. The van der Waals surface area contributed by atoms with Gasteiger partial charge in [-0.15, -0.1) is 0 Å². The van der Waals surface area contributed by atoms with Crippen LogP contribution < -0.4 is 4.90 Å².